The molecule has 0 saturated heterocycles. The molecule has 1 N–H and O–H groups in total. The second kappa shape index (κ2) is 6.37. The van der Waals surface area contributed by atoms with Gasteiger partial charge in [-0.05, 0) is 29.8 Å². The molecule has 0 heterocycles. The zero-order chi connectivity index (χ0) is 14.5. The van der Waals surface area contributed by atoms with E-state index in [1.54, 1.807) is 6.07 Å². The minimum Gasteiger partial charge on any atom is -0.381 e. The van der Waals surface area contributed by atoms with Gasteiger partial charge in [-0.2, -0.15) is 0 Å². The summed E-state index contributed by atoms with van der Waals surface area (Å²) in [4.78, 5) is 2.02. The molecule has 106 valence electrons. The number of nitrogens with one attached hydrogen (secondary N) is 1. The van der Waals surface area contributed by atoms with Crippen LogP contribution in [0.4, 0.5) is 20.2 Å². The van der Waals surface area contributed by atoms with Crippen molar-refractivity contribution in [2.24, 2.45) is 0 Å². The highest BCUT2D eigenvalue weighted by Crippen LogP contribution is 2.21. The van der Waals surface area contributed by atoms with Gasteiger partial charge >= 0.3 is 0 Å². The van der Waals surface area contributed by atoms with Gasteiger partial charge in [0.2, 0.25) is 0 Å². The summed E-state index contributed by atoms with van der Waals surface area (Å²) >= 11 is 0. The van der Waals surface area contributed by atoms with Crippen LogP contribution in [-0.4, -0.2) is 14.1 Å². The van der Waals surface area contributed by atoms with E-state index in [0.717, 1.165) is 16.9 Å². The SMILES string of the molecule is CN(C)c1cccc(NCc2cccc(C(F)F)c2)c1. The van der Waals surface area contributed by atoms with Crippen molar-refractivity contribution in [3.63, 3.8) is 0 Å². The van der Waals surface area contributed by atoms with Gasteiger partial charge < -0.3 is 10.2 Å². The first-order chi connectivity index (χ1) is 9.56. The Kier molecular flexibility index (Phi) is 4.56. The summed E-state index contributed by atoms with van der Waals surface area (Å²) in [7, 11) is 3.95. The average Bonchev–Trinajstić information content (AvgIpc) is 2.45. The van der Waals surface area contributed by atoms with E-state index in [0.29, 0.717) is 6.54 Å². The maximum atomic E-state index is 12.6. The second-order valence-electron chi connectivity index (χ2n) is 4.84. The van der Waals surface area contributed by atoms with E-state index >= 15 is 0 Å². The van der Waals surface area contributed by atoms with E-state index in [-0.39, 0.29) is 5.56 Å². The number of anilines is 2. The normalized spacial score (nSPS) is 10.7. The lowest BCUT2D eigenvalue weighted by Gasteiger charge is -2.14. The zero-order valence-corrected chi connectivity index (χ0v) is 11.6. The molecule has 0 aliphatic rings. The summed E-state index contributed by atoms with van der Waals surface area (Å²) in [5.74, 6) is 0. The molecule has 0 atom stereocenters. The van der Waals surface area contributed by atoms with Crippen molar-refractivity contribution >= 4 is 11.4 Å². The van der Waals surface area contributed by atoms with Crippen LogP contribution in [0.15, 0.2) is 48.5 Å². The summed E-state index contributed by atoms with van der Waals surface area (Å²) in [6.07, 6.45) is -2.42. The number of alkyl halides is 2. The van der Waals surface area contributed by atoms with E-state index in [9.17, 15) is 8.78 Å². The summed E-state index contributed by atoms with van der Waals surface area (Å²) in [5.41, 5.74) is 2.97. The Morgan fingerprint density at radius 3 is 2.50 bits per heavy atom. The monoisotopic (exact) mass is 276 g/mol. The Labute approximate surface area is 118 Å². The maximum absolute atomic E-state index is 12.6. The second-order valence-corrected chi connectivity index (χ2v) is 4.84. The number of benzene rings is 2. The molecule has 0 aliphatic heterocycles. The van der Waals surface area contributed by atoms with E-state index in [2.05, 4.69) is 5.32 Å². The summed E-state index contributed by atoms with van der Waals surface area (Å²) in [6, 6.07) is 14.5. The van der Waals surface area contributed by atoms with Crippen molar-refractivity contribution in [3.05, 3.63) is 59.7 Å². The third kappa shape index (κ3) is 3.70. The average molecular weight is 276 g/mol. The van der Waals surface area contributed by atoms with Gasteiger partial charge in [0, 0.05) is 37.6 Å². The molecule has 0 radical (unpaired) electrons. The highest BCUT2D eigenvalue weighted by atomic mass is 19.3. The predicted octanol–water partition coefficient (Wildman–Crippen LogP) is 4.30. The Bertz CT molecular complexity index is 516. The number of hydrogen-bond donors (Lipinski definition) is 1. The van der Waals surface area contributed by atoms with Crippen LogP contribution in [0.1, 0.15) is 17.6 Å². The van der Waals surface area contributed by atoms with Crippen LogP contribution >= 0.6 is 0 Å². The maximum Gasteiger partial charge on any atom is 0.263 e. The van der Waals surface area contributed by atoms with Crippen molar-refractivity contribution in [2.75, 3.05) is 24.3 Å². The van der Waals surface area contributed by atoms with Gasteiger partial charge in [-0.25, -0.2) is 8.78 Å². The van der Waals surface area contributed by atoms with Crippen molar-refractivity contribution < 1.29 is 8.78 Å². The van der Waals surface area contributed by atoms with Crippen LogP contribution < -0.4 is 10.2 Å². The van der Waals surface area contributed by atoms with Gasteiger partial charge in [0.25, 0.3) is 6.43 Å². The molecule has 4 heteroatoms. The summed E-state index contributed by atoms with van der Waals surface area (Å²) in [6.45, 7) is 0.525. The van der Waals surface area contributed by atoms with Crippen molar-refractivity contribution in [1.29, 1.82) is 0 Å². The van der Waals surface area contributed by atoms with Gasteiger partial charge in [-0.15, -0.1) is 0 Å². The standard InChI is InChI=1S/C16H18F2N2/c1-20(2)15-8-4-7-14(10-15)19-11-12-5-3-6-13(9-12)16(17)18/h3-10,16,19H,11H2,1-2H3. The topological polar surface area (TPSA) is 15.3 Å². The largest absolute Gasteiger partial charge is 0.381 e. The predicted molar refractivity (Wildman–Crippen MR) is 79.5 cm³/mol. The van der Waals surface area contributed by atoms with E-state index in [1.165, 1.54) is 12.1 Å². The molecule has 2 rings (SSSR count). The molecule has 2 aromatic rings. The highest BCUT2D eigenvalue weighted by molar-refractivity contribution is 5.57. The van der Waals surface area contributed by atoms with E-state index < -0.39 is 6.43 Å². The fraction of sp³-hybridized carbons (Fsp3) is 0.250. The molecule has 0 fully saturated rings. The van der Waals surface area contributed by atoms with Crippen LogP contribution in [0, 0.1) is 0 Å². The van der Waals surface area contributed by atoms with Gasteiger partial charge in [-0.3, -0.25) is 0 Å². The number of hydrogen-bond acceptors (Lipinski definition) is 2. The molecule has 2 nitrogen and oxygen atoms in total. The minimum atomic E-state index is -2.42. The van der Waals surface area contributed by atoms with Crippen LogP contribution in [-0.2, 0) is 6.54 Å². The Morgan fingerprint density at radius 2 is 1.80 bits per heavy atom. The lowest BCUT2D eigenvalue weighted by Crippen LogP contribution is -2.09. The highest BCUT2D eigenvalue weighted by Gasteiger charge is 2.06. The first-order valence-corrected chi connectivity index (χ1v) is 6.44. The van der Waals surface area contributed by atoms with Crippen molar-refractivity contribution in [3.8, 4) is 0 Å². The van der Waals surface area contributed by atoms with Gasteiger partial charge in [0.05, 0.1) is 0 Å². The third-order valence-electron chi connectivity index (χ3n) is 3.06. The Hall–Kier alpha value is -2.10. The first kappa shape index (κ1) is 14.3. The molecule has 0 unspecified atom stereocenters. The fourth-order valence-electron chi connectivity index (χ4n) is 1.94. The Morgan fingerprint density at radius 1 is 1.05 bits per heavy atom. The summed E-state index contributed by atoms with van der Waals surface area (Å²) in [5, 5.41) is 3.25. The van der Waals surface area contributed by atoms with Gasteiger partial charge in [0.15, 0.2) is 0 Å². The molecule has 20 heavy (non-hydrogen) atoms. The first-order valence-electron chi connectivity index (χ1n) is 6.44. The lowest BCUT2D eigenvalue weighted by atomic mass is 10.1. The Balaban J connectivity index is 2.05. The molecule has 2 aromatic carbocycles. The van der Waals surface area contributed by atoms with E-state index in [4.69, 9.17) is 0 Å². The zero-order valence-electron chi connectivity index (χ0n) is 11.6. The molecular formula is C16H18F2N2. The molecule has 0 aliphatic carbocycles. The molecule has 0 amide bonds. The molecular weight excluding hydrogens is 258 g/mol. The van der Waals surface area contributed by atoms with Gasteiger partial charge in [0.1, 0.15) is 0 Å². The lowest BCUT2D eigenvalue weighted by molar-refractivity contribution is 0.151. The number of halogens is 2. The van der Waals surface area contributed by atoms with E-state index in [1.807, 2.05) is 49.3 Å². The van der Waals surface area contributed by atoms with Crippen molar-refractivity contribution in [2.45, 2.75) is 13.0 Å². The quantitative estimate of drug-likeness (QED) is 0.875. The van der Waals surface area contributed by atoms with Crippen LogP contribution in [0.2, 0.25) is 0 Å². The fourth-order valence-corrected chi connectivity index (χ4v) is 1.94. The third-order valence-corrected chi connectivity index (χ3v) is 3.06. The minimum absolute atomic E-state index is 0.0614. The number of nitrogens with zero attached hydrogens (tertiary/aromatic N) is 1. The van der Waals surface area contributed by atoms with Crippen LogP contribution in [0.5, 0.6) is 0 Å². The summed E-state index contributed by atoms with van der Waals surface area (Å²) < 4.78 is 25.3. The smallest absolute Gasteiger partial charge is 0.263 e. The molecule has 0 bridgehead atoms. The molecule has 0 spiro atoms. The molecule has 0 saturated carbocycles. The number of rotatable bonds is 5. The van der Waals surface area contributed by atoms with Crippen molar-refractivity contribution in [1.82, 2.24) is 0 Å². The van der Waals surface area contributed by atoms with Crippen LogP contribution in [0.25, 0.3) is 0 Å². The van der Waals surface area contributed by atoms with Gasteiger partial charge in [-0.1, -0.05) is 24.3 Å². The van der Waals surface area contributed by atoms with Crippen LogP contribution in [0.3, 0.4) is 0 Å². The molecule has 0 aromatic heterocycles.